The number of H-pyrrole nitrogens is 2. The Morgan fingerprint density at radius 3 is 1.33 bits per heavy atom. The van der Waals surface area contributed by atoms with Crippen LogP contribution in [0.15, 0.2) is 54.6 Å². The SMILES string of the molecule is CCC1=C(C)c2nc1cc1[nH]c(c(C)c1CC)c(-c1ccc(C=O)cc1)c1nc(cc3[nH]c(c(C)c3CC)c2-c2cc(C(C)(C)C)cc(C(C)(C)C)c2)C(CC)=C1C. The van der Waals surface area contributed by atoms with Crippen LogP contribution in [0.1, 0.15) is 162 Å². The van der Waals surface area contributed by atoms with Crippen molar-refractivity contribution in [2.45, 2.75) is 133 Å². The van der Waals surface area contributed by atoms with E-state index in [0.29, 0.717) is 5.56 Å². The summed E-state index contributed by atoms with van der Waals surface area (Å²) >= 11 is 0. The fourth-order valence-corrected chi connectivity index (χ4v) is 9.24. The average Bonchev–Trinajstić information content (AvgIpc) is 3.87. The number of aryl methyl sites for hydroxylation is 4. The molecule has 0 saturated heterocycles. The zero-order valence-electron chi connectivity index (χ0n) is 37.4. The number of carbonyl (C=O) groups is 1. The van der Waals surface area contributed by atoms with Gasteiger partial charge in [0.15, 0.2) is 0 Å². The van der Waals surface area contributed by atoms with Crippen LogP contribution >= 0.6 is 0 Å². The Morgan fingerprint density at radius 1 is 0.552 bits per heavy atom. The van der Waals surface area contributed by atoms with Crippen molar-refractivity contribution >= 4 is 50.6 Å². The lowest BCUT2D eigenvalue weighted by molar-refractivity contribution is 0.112. The van der Waals surface area contributed by atoms with Crippen LogP contribution in [0.5, 0.6) is 0 Å². The highest BCUT2D eigenvalue weighted by Crippen LogP contribution is 2.45. The molecule has 300 valence electrons. The van der Waals surface area contributed by atoms with Crippen molar-refractivity contribution in [3.63, 3.8) is 0 Å². The van der Waals surface area contributed by atoms with E-state index < -0.39 is 0 Å². The van der Waals surface area contributed by atoms with Crippen molar-refractivity contribution < 1.29 is 4.79 Å². The lowest BCUT2D eigenvalue weighted by atomic mass is 9.78. The first kappa shape index (κ1) is 40.9. The minimum atomic E-state index is -0.0447. The minimum Gasteiger partial charge on any atom is -0.354 e. The van der Waals surface area contributed by atoms with E-state index in [-0.39, 0.29) is 10.8 Å². The van der Waals surface area contributed by atoms with E-state index in [0.717, 1.165) is 93.5 Å². The van der Waals surface area contributed by atoms with Gasteiger partial charge in [-0.05, 0) is 143 Å². The van der Waals surface area contributed by atoms with Gasteiger partial charge in [-0.1, -0.05) is 112 Å². The van der Waals surface area contributed by atoms with Gasteiger partial charge in [0.2, 0.25) is 0 Å². The van der Waals surface area contributed by atoms with Crippen molar-refractivity contribution in [3.8, 4) is 22.3 Å². The van der Waals surface area contributed by atoms with Gasteiger partial charge in [-0.25, -0.2) is 9.97 Å². The molecule has 0 unspecified atom stereocenters. The summed E-state index contributed by atoms with van der Waals surface area (Å²) < 4.78 is 0. The standard InChI is InChI=1S/C53H62N4O/c1-15-38-29(5)48-46(34-21-19-33(28-58)20-22-34)49-30(6)39(16-2)43(55-49)27-45-41(18-4)32(8)51(57-45)47(50-31(7)40(17-3)44(56-50)26-42(38)54-48)35-23-36(52(9,10)11)25-37(24-35)53(12,13)14/h19-28,54,57H,15-18H2,1-14H3. The molecule has 5 nitrogen and oxygen atoms in total. The van der Waals surface area contributed by atoms with Crippen LogP contribution in [0.3, 0.4) is 0 Å². The van der Waals surface area contributed by atoms with Gasteiger partial charge >= 0.3 is 0 Å². The number of rotatable bonds is 7. The Kier molecular flexibility index (Phi) is 10.7. The van der Waals surface area contributed by atoms with E-state index >= 15 is 0 Å². The summed E-state index contributed by atoms with van der Waals surface area (Å²) in [6.07, 6.45) is 4.36. The number of hydrogen-bond donors (Lipinski definition) is 2. The van der Waals surface area contributed by atoms with Gasteiger partial charge in [-0.2, -0.15) is 0 Å². The molecule has 0 atom stereocenters. The van der Waals surface area contributed by atoms with Crippen LogP contribution in [-0.2, 0) is 23.7 Å². The molecule has 0 saturated carbocycles. The van der Waals surface area contributed by atoms with Gasteiger partial charge in [-0.3, -0.25) is 4.79 Å². The molecule has 5 heteroatoms. The fourth-order valence-electron chi connectivity index (χ4n) is 9.24. The Balaban J connectivity index is 1.77. The summed E-state index contributed by atoms with van der Waals surface area (Å²) in [5.41, 5.74) is 25.9. The predicted molar refractivity (Wildman–Crippen MR) is 248 cm³/mol. The molecule has 8 bridgehead atoms. The van der Waals surface area contributed by atoms with Gasteiger partial charge in [0.1, 0.15) is 6.29 Å². The maximum Gasteiger partial charge on any atom is 0.150 e. The van der Waals surface area contributed by atoms with Crippen molar-refractivity contribution in [1.82, 2.24) is 19.9 Å². The van der Waals surface area contributed by atoms with Gasteiger partial charge < -0.3 is 9.97 Å². The number of nitrogens with one attached hydrogen (secondary N) is 2. The smallest absolute Gasteiger partial charge is 0.150 e. The summed E-state index contributed by atoms with van der Waals surface area (Å²) in [5, 5.41) is 0. The molecule has 2 aliphatic heterocycles. The third-order valence-electron chi connectivity index (χ3n) is 12.8. The monoisotopic (exact) mass is 770 g/mol. The third-order valence-corrected chi connectivity index (χ3v) is 12.8. The Hall–Kier alpha value is -5.29. The molecule has 0 aliphatic carbocycles. The lowest BCUT2D eigenvalue weighted by Gasteiger charge is -2.26. The van der Waals surface area contributed by atoms with Crippen LogP contribution in [0.4, 0.5) is 0 Å². The van der Waals surface area contributed by atoms with Crippen LogP contribution in [0, 0.1) is 13.8 Å². The van der Waals surface area contributed by atoms with E-state index in [1.54, 1.807) is 0 Å². The van der Waals surface area contributed by atoms with Gasteiger partial charge in [0.25, 0.3) is 0 Å². The number of carbonyl (C=O) groups excluding carboxylic acids is 1. The van der Waals surface area contributed by atoms with Crippen molar-refractivity contribution in [2.24, 2.45) is 0 Å². The van der Waals surface area contributed by atoms with Crippen LogP contribution < -0.4 is 0 Å². The molecular weight excluding hydrogens is 709 g/mol. The van der Waals surface area contributed by atoms with Crippen LogP contribution in [-0.4, -0.2) is 26.2 Å². The molecule has 5 aromatic rings. The number of hydrogen-bond acceptors (Lipinski definition) is 3. The molecule has 2 aromatic carbocycles. The van der Waals surface area contributed by atoms with Crippen molar-refractivity contribution in [3.05, 3.63) is 116 Å². The number of aromatic nitrogens is 4. The van der Waals surface area contributed by atoms with Gasteiger partial charge in [0, 0.05) is 27.7 Å². The van der Waals surface area contributed by atoms with E-state index in [2.05, 4.69) is 149 Å². The molecule has 0 fully saturated rings. The lowest BCUT2D eigenvalue weighted by Crippen LogP contribution is -2.16. The molecule has 58 heavy (non-hydrogen) atoms. The highest BCUT2D eigenvalue weighted by molar-refractivity contribution is 6.03. The maximum atomic E-state index is 11.8. The summed E-state index contributed by atoms with van der Waals surface area (Å²) in [5.74, 6) is 0. The molecule has 5 heterocycles. The van der Waals surface area contributed by atoms with Crippen LogP contribution in [0.2, 0.25) is 0 Å². The average molecular weight is 771 g/mol. The Labute approximate surface area is 346 Å². The fraction of sp³-hybridized carbons (Fsp3) is 0.377. The molecule has 0 radical (unpaired) electrons. The molecule has 2 N–H and O–H groups in total. The number of aromatic amines is 2. The third kappa shape index (κ3) is 6.91. The largest absolute Gasteiger partial charge is 0.354 e. The molecular formula is C53H62N4O. The van der Waals surface area contributed by atoms with Gasteiger partial charge in [-0.15, -0.1) is 0 Å². The quantitative estimate of drug-likeness (QED) is 0.162. The van der Waals surface area contributed by atoms with Gasteiger partial charge in [0.05, 0.1) is 33.8 Å². The van der Waals surface area contributed by atoms with E-state index in [9.17, 15) is 4.79 Å². The van der Waals surface area contributed by atoms with E-state index in [1.165, 1.54) is 61.2 Å². The number of aldehydes is 1. The molecule has 2 aliphatic rings. The molecule has 3 aromatic heterocycles. The van der Waals surface area contributed by atoms with Crippen LogP contribution in [0.25, 0.3) is 66.6 Å². The maximum absolute atomic E-state index is 11.8. The Morgan fingerprint density at radius 2 is 0.966 bits per heavy atom. The summed E-state index contributed by atoms with van der Waals surface area (Å²) in [4.78, 5) is 31.0. The molecule has 7 rings (SSSR count). The highest BCUT2D eigenvalue weighted by atomic mass is 16.1. The number of fused-ring (bicyclic) bond motifs is 8. The Bertz CT molecular complexity index is 2680. The first-order valence-corrected chi connectivity index (χ1v) is 21.4. The topological polar surface area (TPSA) is 74.4 Å². The highest BCUT2D eigenvalue weighted by Gasteiger charge is 2.28. The number of nitrogens with zero attached hydrogens (tertiary/aromatic N) is 2. The zero-order valence-corrected chi connectivity index (χ0v) is 37.4. The first-order chi connectivity index (χ1) is 27.4. The number of allylic oxidation sites excluding steroid dienone is 4. The second kappa shape index (κ2) is 15.1. The predicted octanol–water partition coefficient (Wildman–Crippen LogP) is 14.5. The molecule has 0 spiro atoms. The summed E-state index contributed by atoms with van der Waals surface area (Å²) in [6.45, 7) is 31.9. The second-order valence-corrected chi connectivity index (χ2v) is 18.4. The van der Waals surface area contributed by atoms with Crippen molar-refractivity contribution in [1.29, 1.82) is 0 Å². The second-order valence-electron chi connectivity index (χ2n) is 18.4. The van der Waals surface area contributed by atoms with E-state index in [4.69, 9.17) is 9.97 Å². The number of benzene rings is 2. The molecule has 0 amide bonds. The van der Waals surface area contributed by atoms with Crippen molar-refractivity contribution in [2.75, 3.05) is 0 Å². The first-order valence-electron chi connectivity index (χ1n) is 21.4. The summed E-state index contributed by atoms with van der Waals surface area (Å²) in [7, 11) is 0. The zero-order chi connectivity index (χ0) is 42.0. The van der Waals surface area contributed by atoms with E-state index in [1.807, 2.05) is 12.1 Å². The normalized spacial score (nSPS) is 13.6. The summed E-state index contributed by atoms with van der Waals surface area (Å²) in [6, 6.07) is 19.8. The minimum absolute atomic E-state index is 0.0447.